The first kappa shape index (κ1) is 31.0. The van der Waals surface area contributed by atoms with E-state index in [4.69, 9.17) is 9.47 Å². The summed E-state index contributed by atoms with van der Waals surface area (Å²) in [6.45, 7) is 5.58. The highest BCUT2D eigenvalue weighted by Gasteiger charge is 2.48. The first-order valence-corrected chi connectivity index (χ1v) is 15.6. The van der Waals surface area contributed by atoms with Crippen LogP contribution in [0, 0.1) is 23.4 Å². The van der Waals surface area contributed by atoms with E-state index in [2.05, 4.69) is 14.8 Å². The maximum absolute atomic E-state index is 15.8. The second-order valence-electron chi connectivity index (χ2n) is 12.3. The fourth-order valence-corrected chi connectivity index (χ4v) is 6.79. The first-order chi connectivity index (χ1) is 21.3. The van der Waals surface area contributed by atoms with Gasteiger partial charge >= 0.3 is 0 Å². The molecule has 3 aliphatic rings. The smallest absolute Gasteiger partial charge is 0.230 e. The number of aryl methyl sites for hydroxylation is 1. The minimum Gasteiger partial charge on any atom is -0.385 e. The van der Waals surface area contributed by atoms with Crippen LogP contribution in [-0.4, -0.2) is 84.5 Å². The van der Waals surface area contributed by atoms with E-state index in [9.17, 15) is 18.7 Å². The molecule has 2 aromatic carbocycles. The number of aliphatic hydroxyl groups is 1. The monoisotopic (exact) mass is 614 g/mol. The minimum atomic E-state index is -1.67. The van der Waals surface area contributed by atoms with E-state index in [1.807, 2.05) is 12.3 Å². The number of aromatic nitrogens is 1. The second kappa shape index (κ2) is 13.2. The zero-order valence-electron chi connectivity index (χ0n) is 25.2. The van der Waals surface area contributed by atoms with E-state index in [0.717, 1.165) is 55.6 Å². The van der Waals surface area contributed by atoms with Crippen molar-refractivity contribution in [3.63, 3.8) is 0 Å². The van der Waals surface area contributed by atoms with E-state index < -0.39 is 23.2 Å². The number of benzene rings is 2. The molecule has 0 bridgehead atoms. The maximum atomic E-state index is 15.8. The molecule has 3 fully saturated rings. The highest BCUT2D eigenvalue weighted by molar-refractivity contribution is 5.88. The molecule has 8 nitrogen and oxygen atoms in total. The Kier molecular flexibility index (Phi) is 9.30. The largest absolute Gasteiger partial charge is 0.385 e. The van der Waals surface area contributed by atoms with Crippen LogP contribution in [0.4, 0.5) is 13.2 Å². The molecule has 11 heteroatoms. The molecule has 3 aromatic rings. The molecule has 2 saturated heterocycles. The fourth-order valence-electron chi connectivity index (χ4n) is 6.79. The van der Waals surface area contributed by atoms with E-state index in [-0.39, 0.29) is 42.8 Å². The van der Waals surface area contributed by atoms with Crippen molar-refractivity contribution < 1.29 is 32.5 Å². The molecular formula is C33H41F3N4O4. The summed E-state index contributed by atoms with van der Waals surface area (Å²) in [4.78, 5) is 18.4. The van der Waals surface area contributed by atoms with Crippen LogP contribution in [0.3, 0.4) is 0 Å². The predicted molar refractivity (Wildman–Crippen MR) is 159 cm³/mol. The third-order valence-corrected chi connectivity index (χ3v) is 9.31. The van der Waals surface area contributed by atoms with Crippen molar-refractivity contribution in [1.82, 2.24) is 19.7 Å². The van der Waals surface area contributed by atoms with Crippen molar-refractivity contribution in [2.75, 3.05) is 53.1 Å². The summed E-state index contributed by atoms with van der Waals surface area (Å²) in [5, 5.41) is 15.6. The molecule has 1 aromatic heterocycles. The Balaban J connectivity index is 1.35. The van der Waals surface area contributed by atoms with Crippen LogP contribution in [0.25, 0.3) is 10.9 Å². The minimum absolute atomic E-state index is 0.0369. The lowest BCUT2D eigenvalue weighted by molar-refractivity contribution is -0.150. The lowest BCUT2D eigenvalue weighted by Crippen LogP contribution is -2.55. The van der Waals surface area contributed by atoms with Gasteiger partial charge in [-0.3, -0.25) is 9.69 Å². The zero-order valence-corrected chi connectivity index (χ0v) is 25.2. The van der Waals surface area contributed by atoms with E-state index in [1.54, 1.807) is 12.0 Å². The quantitative estimate of drug-likeness (QED) is 0.319. The molecule has 6 rings (SSSR count). The summed E-state index contributed by atoms with van der Waals surface area (Å²) < 4.78 is 56.7. The molecule has 1 aliphatic carbocycles. The number of carbonyl (C=O) groups excluding carboxylic acids is 1. The van der Waals surface area contributed by atoms with Crippen molar-refractivity contribution in [2.45, 2.75) is 57.0 Å². The summed E-state index contributed by atoms with van der Waals surface area (Å²) in [5.41, 5.74) is 1.05. The van der Waals surface area contributed by atoms with E-state index >= 15 is 4.39 Å². The number of ether oxygens (including phenoxy) is 2. The van der Waals surface area contributed by atoms with Gasteiger partial charge in [-0.15, -0.1) is 0 Å². The van der Waals surface area contributed by atoms with Crippen LogP contribution >= 0.6 is 0 Å². The number of hydrogen-bond acceptors (Lipinski definition) is 6. The van der Waals surface area contributed by atoms with Crippen LogP contribution in [0.15, 0.2) is 36.5 Å². The Morgan fingerprint density at radius 2 is 1.89 bits per heavy atom. The Morgan fingerprint density at radius 3 is 2.61 bits per heavy atom. The van der Waals surface area contributed by atoms with E-state index in [1.165, 1.54) is 12.1 Å². The highest BCUT2D eigenvalue weighted by Crippen LogP contribution is 2.40. The normalized spacial score (nSPS) is 22.9. The van der Waals surface area contributed by atoms with Crippen molar-refractivity contribution in [3.05, 3.63) is 70.7 Å². The van der Waals surface area contributed by atoms with Gasteiger partial charge in [-0.05, 0) is 67.1 Å². The summed E-state index contributed by atoms with van der Waals surface area (Å²) in [5.74, 6) is -3.61. The van der Waals surface area contributed by atoms with E-state index in [0.29, 0.717) is 50.4 Å². The van der Waals surface area contributed by atoms with Crippen LogP contribution < -0.4 is 5.32 Å². The van der Waals surface area contributed by atoms with Crippen molar-refractivity contribution >= 4 is 16.8 Å². The van der Waals surface area contributed by atoms with Crippen LogP contribution in [0.2, 0.25) is 0 Å². The van der Waals surface area contributed by atoms with Gasteiger partial charge in [-0.1, -0.05) is 12.1 Å². The highest BCUT2D eigenvalue weighted by atomic mass is 19.2. The lowest BCUT2D eigenvalue weighted by Gasteiger charge is -2.42. The third-order valence-electron chi connectivity index (χ3n) is 9.31. The van der Waals surface area contributed by atoms with Crippen molar-refractivity contribution in [3.8, 4) is 0 Å². The zero-order chi connectivity index (χ0) is 30.8. The van der Waals surface area contributed by atoms with Crippen LogP contribution in [0.1, 0.15) is 42.4 Å². The molecule has 2 N–H and O–H groups in total. The number of methoxy groups -OCH3 is 1. The summed E-state index contributed by atoms with van der Waals surface area (Å²) >= 11 is 0. The number of carbonyl (C=O) groups is 1. The molecule has 1 amide bonds. The molecule has 1 saturated carbocycles. The summed E-state index contributed by atoms with van der Waals surface area (Å²) in [7, 11) is 1.66. The fraction of sp³-hybridized carbons (Fsp3) is 0.545. The molecule has 0 spiro atoms. The molecule has 2 atom stereocenters. The van der Waals surface area contributed by atoms with Crippen molar-refractivity contribution in [2.24, 2.45) is 5.92 Å². The average Bonchev–Trinajstić information content (AvgIpc) is 3.80. The van der Waals surface area contributed by atoms with Crippen molar-refractivity contribution in [1.29, 1.82) is 0 Å². The SMILES string of the molecule is COCCCn1cc(CN(C(=O)[C@H]2CNCC[C@]2(O)c2ccc(F)c(F)c2)C2CC2)c2c(F)ccc(CN3CCOCC3)c21. The van der Waals surface area contributed by atoms with Gasteiger partial charge in [0.15, 0.2) is 11.6 Å². The van der Waals surface area contributed by atoms with Gasteiger partial charge in [-0.25, -0.2) is 13.2 Å². The van der Waals surface area contributed by atoms with Gasteiger partial charge in [0, 0.05) is 70.6 Å². The summed E-state index contributed by atoms with van der Waals surface area (Å²) in [6, 6.07) is 6.65. The molecule has 44 heavy (non-hydrogen) atoms. The molecule has 238 valence electrons. The molecule has 3 heterocycles. The molecular weight excluding hydrogens is 573 g/mol. The summed E-state index contributed by atoms with van der Waals surface area (Å²) in [6.07, 6.45) is 4.49. The van der Waals surface area contributed by atoms with Gasteiger partial charge in [0.05, 0.1) is 24.6 Å². The Bertz CT molecular complexity index is 1490. The number of amides is 1. The number of hydrogen-bond donors (Lipinski definition) is 2. The topological polar surface area (TPSA) is 79.2 Å². The van der Waals surface area contributed by atoms with Gasteiger partial charge in [0.1, 0.15) is 11.4 Å². The Labute approximate surface area is 255 Å². The predicted octanol–water partition coefficient (Wildman–Crippen LogP) is 3.92. The number of rotatable bonds is 11. The number of piperidine rings is 1. The molecule has 0 unspecified atom stereocenters. The van der Waals surface area contributed by atoms with Gasteiger partial charge < -0.3 is 29.4 Å². The lowest BCUT2D eigenvalue weighted by atomic mass is 9.75. The number of morpholine rings is 1. The Hall–Kier alpha value is -2.96. The van der Waals surface area contributed by atoms with Gasteiger partial charge in [0.25, 0.3) is 0 Å². The third kappa shape index (κ3) is 6.25. The van der Waals surface area contributed by atoms with Gasteiger partial charge in [0.2, 0.25) is 5.91 Å². The Morgan fingerprint density at radius 1 is 1.11 bits per heavy atom. The van der Waals surface area contributed by atoms with Crippen LogP contribution in [0.5, 0.6) is 0 Å². The number of halogens is 3. The number of nitrogens with zero attached hydrogens (tertiary/aromatic N) is 3. The maximum Gasteiger partial charge on any atom is 0.230 e. The average molecular weight is 615 g/mol. The molecule has 2 aliphatic heterocycles. The molecule has 0 radical (unpaired) electrons. The second-order valence-corrected chi connectivity index (χ2v) is 12.3. The number of nitrogens with one attached hydrogen (secondary N) is 1. The first-order valence-electron chi connectivity index (χ1n) is 15.6. The van der Waals surface area contributed by atoms with Gasteiger partial charge in [-0.2, -0.15) is 0 Å². The van der Waals surface area contributed by atoms with Crippen LogP contribution in [-0.2, 0) is 39.5 Å². The number of fused-ring (bicyclic) bond motifs is 1. The standard InChI is InChI=1S/C33H41F3N4O4/c1-43-14-2-11-39-20-23(30-28(35)7-3-22(31(30)39)19-38-12-15-44-16-13-38)21-40(25-5-6-25)32(41)26-18-37-10-9-33(26,42)24-4-8-27(34)29(36)17-24/h3-4,7-8,17,20,25-26,37,42H,2,5-6,9-16,18-19,21H2,1H3/t26-,33+/m1/s1.